The second-order valence-electron chi connectivity index (χ2n) is 11.3. The number of aromatic nitrogens is 2. The molecule has 0 aliphatic carbocycles. The maximum absolute atomic E-state index is 14.4. The summed E-state index contributed by atoms with van der Waals surface area (Å²) in [6.07, 6.45) is 11.8. The first-order valence-electron chi connectivity index (χ1n) is 16.3. The summed E-state index contributed by atoms with van der Waals surface area (Å²) in [4.78, 5) is 32.0. The molecule has 226 valence electrons. The molecule has 0 unspecified atom stereocenters. The van der Waals surface area contributed by atoms with Crippen LogP contribution in [0.15, 0.2) is 55.5 Å². The molecule has 3 aliphatic heterocycles. The number of aromatic amines is 2. The second-order valence-corrected chi connectivity index (χ2v) is 11.3. The molecule has 0 aromatic carbocycles. The van der Waals surface area contributed by atoms with Gasteiger partial charge in [0.15, 0.2) is 0 Å². The van der Waals surface area contributed by atoms with E-state index < -0.39 is 0 Å². The van der Waals surface area contributed by atoms with Crippen LogP contribution in [0.2, 0.25) is 0 Å². The Labute approximate surface area is 256 Å². The molecule has 2 aromatic heterocycles. The zero-order chi connectivity index (χ0) is 31.0. The zero-order valence-corrected chi connectivity index (χ0v) is 27.1. The van der Waals surface area contributed by atoms with Gasteiger partial charge in [-0.15, -0.1) is 0 Å². The van der Waals surface area contributed by atoms with Gasteiger partial charge in [-0.2, -0.15) is 0 Å². The molecular weight excluding hydrogens is 532 g/mol. The Morgan fingerprint density at radius 2 is 0.953 bits per heavy atom. The summed E-state index contributed by atoms with van der Waals surface area (Å²) in [5, 5.41) is 10.8. The topological polar surface area (TPSA) is 93.6 Å². The summed E-state index contributed by atoms with van der Waals surface area (Å²) < 4.78 is 0. The average molecular weight is 579 g/mol. The Bertz CT molecular complexity index is 1590. The standard InChI is InChI=1S/C37H46N4O2/c1-9-20-24(13-5)33-28(19-42)34-25(14-6)21(10-2)30(39-34)18-32-23(12-4)27(16-8)36(41-32)37(43)35-26(15-7)22(11-3)31(40-35)17-29(20)38-33/h17-19,40-42H,9-16H2,1-8H3. The van der Waals surface area contributed by atoms with Crippen LogP contribution in [-0.4, -0.2) is 32.3 Å². The van der Waals surface area contributed by atoms with Gasteiger partial charge < -0.3 is 15.1 Å². The van der Waals surface area contributed by atoms with Gasteiger partial charge in [-0.3, -0.25) is 4.79 Å². The Morgan fingerprint density at radius 1 is 0.581 bits per heavy atom. The molecule has 0 radical (unpaired) electrons. The number of aliphatic hydroxyl groups is 1. The average Bonchev–Trinajstić information content (AvgIpc) is 3.76. The number of hydrogen-bond donors (Lipinski definition) is 3. The van der Waals surface area contributed by atoms with E-state index in [0.717, 1.165) is 119 Å². The highest BCUT2D eigenvalue weighted by atomic mass is 16.2. The van der Waals surface area contributed by atoms with Crippen molar-refractivity contribution in [2.45, 2.75) is 107 Å². The summed E-state index contributed by atoms with van der Waals surface area (Å²) in [7, 11) is 0. The lowest BCUT2D eigenvalue weighted by Crippen LogP contribution is -2.15. The fraction of sp³-hybridized carbons (Fsp3) is 0.432. The third-order valence-corrected chi connectivity index (χ3v) is 9.37. The second kappa shape index (κ2) is 12.4. The van der Waals surface area contributed by atoms with Gasteiger partial charge in [0.1, 0.15) is 0 Å². The van der Waals surface area contributed by atoms with Crippen LogP contribution in [0.5, 0.6) is 0 Å². The lowest BCUT2D eigenvalue weighted by Gasteiger charge is -2.12. The highest BCUT2D eigenvalue weighted by molar-refractivity contribution is 6.36. The highest BCUT2D eigenvalue weighted by Crippen LogP contribution is 2.40. The SMILES string of the molecule is CCC1=C(CC)C2=NC1=Cc1[nH]c(c(CC)c1CC)C(=O)c1[nH]c(c(CC)c1CC)C=C1N=C(C2=CO)C(CC)=C1CC. The molecule has 8 bridgehead atoms. The molecule has 0 fully saturated rings. The first-order chi connectivity index (χ1) is 20.8. The van der Waals surface area contributed by atoms with E-state index in [9.17, 15) is 9.90 Å². The van der Waals surface area contributed by atoms with Crippen LogP contribution in [0.1, 0.15) is 131 Å². The molecule has 5 heterocycles. The number of aliphatic imine (C=N–C) groups is 2. The van der Waals surface area contributed by atoms with E-state index in [4.69, 9.17) is 9.98 Å². The number of H-pyrrole nitrogens is 2. The first-order valence-corrected chi connectivity index (χ1v) is 16.3. The van der Waals surface area contributed by atoms with Gasteiger partial charge in [0.25, 0.3) is 0 Å². The maximum Gasteiger partial charge on any atom is 0.225 e. The minimum absolute atomic E-state index is 0.0113. The van der Waals surface area contributed by atoms with Crippen LogP contribution >= 0.6 is 0 Å². The van der Waals surface area contributed by atoms with Crippen LogP contribution in [0.3, 0.4) is 0 Å². The largest absolute Gasteiger partial charge is 0.515 e. The van der Waals surface area contributed by atoms with Gasteiger partial charge >= 0.3 is 0 Å². The van der Waals surface area contributed by atoms with Crippen molar-refractivity contribution in [3.05, 3.63) is 90.6 Å². The number of hydrogen-bond acceptors (Lipinski definition) is 4. The number of nitrogens with zero attached hydrogens (tertiary/aromatic N) is 2. The summed E-state index contributed by atoms with van der Waals surface area (Å²) in [6, 6.07) is 0. The molecule has 0 saturated heterocycles. The predicted octanol–water partition coefficient (Wildman–Crippen LogP) is 9.10. The van der Waals surface area contributed by atoms with Crippen molar-refractivity contribution < 1.29 is 9.90 Å². The summed E-state index contributed by atoms with van der Waals surface area (Å²) in [5.41, 5.74) is 16.3. The molecule has 3 N–H and O–H groups in total. The van der Waals surface area contributed by atoms with Crippen molar-refractivity contribution in [1.82, 2.24) is 9.97 Å². The molecule has 0 atom stereocenters. The third kappa shape index (κ3) is 4.75. The molecule has 0 amide bonds. The van der Waals surface area contributed by atoms with E-state index >= 15 is 0 Å². The molecular formula is C37H46N4O2. The van der Waals surface area contributed by atoms with Crippen LogP contribution < -0.4 is 0 Å². The van der Waals surface area contributed by atoms with E-state index in [-0.39, 0.29) is 5.78 Å². The summed E-state index contributed by atoms with van der Waals surface area (Å²) in [5.74, 6) is 0.0113. The van der Waals surface area contributed by atoms with Crippen molar-refractivity contribution in [1.29, 1.82) is 0 Å². The lowest BCUT2D eigenvalue weighted by molar-refractivity contribution is 0.102. The number of allylic oxidation sites excluding steroid dienone is 5. The number of rotatable bonds is 8. The number of fused-ring (bicyclic) bond motifs is 6. The van der Waals surface area contributed by atoms with Gasteiger partial charge in [0.05, 0.1) is 46.0 Å². The van der Waals surface area contributed by atoms with E-state index in [1.165, 1.54) is 17.4 Å². The molecule has 5 rings (SSSR count). The molecule has 6 nitrogen and oxygen atoms in total. The molecule has 2 aromatic rings. The van der Waals surface area contributed by atoms with Gasteiger partial charge in [0, 0.05) is 11.4 Å². The number of carbonyl (C=O) groups excluding carboxylic acids is 1. The quantitative estimate of drug-likeness (QED) is 0.273. The molecule has 0 spiro atoms. The van der Waals surface area contributed by atoms with Crippen molar-refractivity contribution >= 4 is 29.4 Å². The fourth-order valence-corrected chi connectivity index (χ4v) is 7.39. The molecule has 6 heteroatoms. The van der Waals surface area contributed by atoms with Crippen molar-refractivity contribution in [3.63, 3.8) is 0 Å². The summed E-state index contributed by atoms with van der Waals surface area (Å²) >= 11 is 0. The molecule has 43 heavy (non-hydrogen) atoms. The van der Waals surface area contributed by atoms with Gasteiger partial charge in [-0.05, 0) is 108 Å². The Hall–Kier alpha value is -3.93. The van der Waals surface area contributed by atoms with Gasteiger partial charge in [0.2, 0.25) is 5.78 Å². The van der Waals surface area contributed by atoms with E-state index in [2.05, 4.69) is 77.5 Å². The van der Waals surface area contributed by atoms with Crippen molar-refractivity contribution in [3.8, 4) is 0 Å². The van der Waals surface area contributed by atoms with Crippen LogP contribution in [0.4, 0.5) is 0 Å². The Balaban J connectivity index is 1.92. The normalized spacial score (nSPS) is 16.7. The van der Waals surface area contributed by atoms with Gasteiger partial charge in [-0.1, -0.05) is 55.4 Å². The molecule has 0 saturated carbocycles. The van der Waals surface area contributed by atoms with Crippen molar-refractivity contribution in [2.75, 3.05) is 0 Å². The van der Waals surface area contributed by atoms with Crippen molar-refractivity contribution in [2.24, 2.45) is 9.98 Å². The zero-order valence-electron chi connectivity index (χ0n) is 27.1. The summed E-state index contributed by atoms with van der Waals surface area (Å²) in [6.45, 7) is 17.2. The maximum atomic E-state index is 14.4. The monoisotopic (exact) mass is 578 g/mol. The third-order valence-electron chi connectivity index (χ3n) is 9.37. The smallest absolute Gasteiger partial charge is 0.225 e. The predicted molar refractivity (Wildman–Crippen MR) is 179 cm³/mol. The molecule has 3 aliphatic rings. The highest BCUT2D eigenvalue weighted by Gasteiger charge is 2.33. The number of nitrogens with one attached hydrogen (secondary N) is 2. The minimum Gasteiger partial charge on any atom is -0.515 e. The first kappa shape index (κ1) is 30.5. The van der Waals surface area contributed by atoms with E-state index in [1.54, 1.807) is 0 Å². The van der Waals surface area contributed by atoms with Crippen LogP contribution in [-0.2, 0) is 25.7 Å². The fourth-order valence-electron chi connectivity index (χ4n) is 7.39. The van der Waals surface area contributed by atoms with Crippen LogP contribution in [0.25, 0.3) is 12.2 Å². The Kier molecular flexibility index (Phi) is 8.77. The Morgan fingerprint density at radius 3 is 1.26 bits per heavy atom. The number of ketones is 1. The van der Waals surface area contributed by atoms with Crippen LogP contribution in [0, 0.1) is 0 Å². The minimum atomic E-state index is 0.0113. The lowest BCUT2D eigenvalue weighted by atomic mass is 9.89. The van der Waals surface area contributed by atoms with E-state index in [0.29, 0.717) is 17.0 Å². The number of carbonyl (C=O) groups is 1. The van der Waals surface area contributed by atoms with E-state index in [1.807, 2.05) is 0 Å². The number of aliphatic hydroxyl groups excluding tert-OH is 1. The van der Waals surface area contributed by atoms with Gasteiger partial charge in [-0.25, -0.2) is 9.98 Å².